The van der Waals surface area contributed by atoms with Gasteiger partial charge in [-0.3, -0.25) is 14.4 Å². The third-order valence-electron chi connectivity index (χ3n) is 3.28. The average Bonchev–Trinajstić information content (AvgIpc) is 2.44. The summed E-state index contributed by atoms with van der Waals surface area (Å²) >= 11 is 0. The first kappa shape index (κ1) is 16.7. The van der Waals surface area contributed by atoms with Crippen LogP contribution in [0.4, 0.5) is 0 Å². The highest BCUT2D eigenvalue weighted by atomic mass is 16.4. The number of likely N-dealkylation sites (N-methyl/N-ethyl adjacent to an activating group) is 1. The minimum absolute atomic E-state index is 0.106. The molecule has 0 heterocycles. The highest BCUT2D eigenvalue weighted by Crippen LogP contribution is 2.22. The number of carboxylic acids is 1. The molecule has 6 nitrogen and oxygen atoms in total. The minimum atomic E-state index is -0.996. The van der Waals surface area contributed by atoms with Crippen LogP contribution < -0.4 is 5.32 Å². The summed E-state index contributed by atoms with van der Waals surface area (Å²) in [6.45, 7) is 2.79. The maximum absolute atomic E-state index is 12.0. The van der Waals surface area contributed by atoms with Gasteiger partial charge >= 0.3 is 5.97 Å². The lowest BCUT2D eigenvalue weighted by Crippen LogP contribution is -2.41. The van der Waals surface area contributed by atoms with Crippen molar-refractivity contribution in [2.75, 3.05) is 13.6 Å². The highest BCUT2D eigenvalue weighted by Gasteiger charge is 2.27. The Bertz CT molecular complexity index is 516. The van der Waals surface area contributed by atoms with Gasteiger partial charge in [-0.25, -0.2) is 0 Å². The van der Waals surface area contributed by atoms with Gasteiger partial charge in [0.2, 0.25) is 11.8 Å². The van der Waals surface area contributed by atoms with E-state index in [0.29, 0.717) is 5.56 Å². The Kier molecular flexibility index (Phi) is 5.90. The SMILES string of the molecule is CC(=O)N(C)CC(=O)NC(c1ccccc1)C(C)C(=O)O. The smallest absolute Gasteiger partial charge is 0.308 e. The fourth-order valence-electron chi connectivity index (χ4n) is 1.85. The van der Waals surface area contributed by atoms with Crippen molar-refractivity contribution in [3.8, 4) is 0 Å². The predicted octanol–water partition coefficient (Wildman–Crippen LogP) is 1.04. The summed E-state index contributed by atoms with van der Waals surface area (Å²) in [5.41, 5.74) is 0.714. The van der Waals surface area contributed by atoms with Gasteiger partial charge in [-0.15, -0.1) is 0 Å². The average molecular weight is 292 g/mol. The number of rotatable bonds is 6. The van der Waals surface area contributed by atoms with E-state index >= 15 is 0 Å². The molecule has 1 aromatic rings. The zero-order valence-corrected chi connectivity index (χ0v) is 12.4. The van der Waals surface area contributed by atoms with Gasteiger partial charge in [0.15, 0.2) is 0 Å². The lowest BCUT2D eigenvalue weighted by Gasteiger charge is -2.24. The van der Waals surface area contributed by atoms with Crippen LogP contribution in [0.1, 0.15) is 25.5 Å². The number of carbonyl (C=O) groups excluding carboxylic acids is 2. The van der Waals surface area contributed by atoms with Crippen LogP contribution in [0.15, 0.2) is 30.3 Å². The molecule has 0 radical (unpaired) electrons. The Labute approximate surface area is 123 Å². The van der Waals surface area contributed by atoms with Gasteiger partial charge in [-0.05, 0) is 12.5 Å². The van der Waals surface area contributed by atoms with Crippen LogP contribution in [-0.2, 0) is 14.4 Å². The third-order valence-corrected chi connectivity index (χ3v) is 3.28. The Morgan fingerprint density at radius 1 is 1.24 bits per heavy atom. The van der Waals surface area contributed by atoms with E-state index in [-0.39, 0.29) is 12.5 Å². The zero-order valence-electron chi connectivity index (χ0n) is 12.4. The molecule has 2 unspecified atom stereocenters. The van der Waals surface area contributed by atoms with Gasteiger partial charge < -0.3 is 15.3 Å². The van der Waals surface area contributed by atoms with Crippen molar-refractivity contribution in [1.82, 2.24) is 10.2 Å². The van der Waals surface area contributed by atoms with Crippen molar-refractivity contribution in [3.63, 3.8) is 0 Å². The molecule has 0 aliphatic heterocycles. The number of carbonyl (C=O) groups is 3. The first-order valence-electron chi connectivity index (χ1n) is 6.61. The largest absolute Gasteiger partial charge is 0.481 e. The first-order chi connectivity index (χ1) is 9.82. The molecular weight excluding hydrogens is 272 g/mol. The monoisotopic (exact) mass is 292 g/mol. The van der Waals surface area contributed by atoms with Crippen LogP contribution >= 0.6 is 0 Å². The van der Waals surface area contributed by atoms with Crippen molar-refractivity contribution >= 4 is 17.8 Å². The minimum Gasteiger partial charge on any atom is -0.481 e. The van der Waals surface area contributed by atoms with Crippen LogP contribution in [0.3, 0.4) is 0 Å². The Morgan fingerprint density at radius 2 is 1.81 bits per heavy atom. The molecule has 1 rings (SSSR count). The van der Waals surface area contributed by atoms with Crippen molar-refractivity contribution in [3.05, 3.63) is 35.9 Å². The fraction of sp³-hybridized carbons (Fsp3) is 0.400. The standard InChI is InChI=1S/C15H20N2O4/c1-10(15(20)21)14(12-7-5-4-6-8-12)16-13(19)9-17(3)11(2)18/h4-8,10,14H,9H2,1-3H3,(H,16,19)(H,20,21). The molecule has 0 aliphatic carbocycles. The molecule has 2 N–H and O–H groups in total. The summed E-state index contributed by atoms with van der Waals surface area (Å²) < 4.78 is 0. The van der Waals surface area contributed by atoms with E-state index in [0.717, 1.165) is 0 Å². The number of nitrogens with one attached hydrogen (secondary N) is 1. The highest BCUT2D eigenvalue weighted by molar-refractivity contribution is 5.84. The van der Waals surface area contributed by atoms with E-state index in [1.54, 1.807) is 24.3 Å². The fourth-order valence-corrected chi connectivity index (χ4v) is 1.85. The third kappa shape index (κ3) is 4.91. The van der Waals surface area contributed by atoms with E-state index < -0.39 is 23.8 Å². The van der Waals surface area contributed by atoms with Crippen molar-refractivity contribution in [2.45, 2.75) is 19.9 Å². The van der Waals surface area contributed by atoms with Crippen LogP contribution in [0.2, 0.25) is 0 Å². The summed E-state index contributed by atoms with van der Waals surface area (Å²) in [5.74, 6) is -2.40. The number of amides is 2. The maximum atomic E-state index is 12.0. The molecule has 0 fully saturated rings. The molecule has 0 saturated heterocycles. The van der Waals surface area contributed by atoms with Gasteiger partial charge in [0.25, 0.3) is 0 Å². The van der Waals surface area contributed by atoms with Crippen LogP contribution in [0, 0.1) is 5.92 Å². The Balaban J connectivity index is 2.86. The number of hydrogen-bond acceptors (Lipinski definition) is 3. The van der Waals surface area contributed by atoms with Gasteiger partial charge in [-0.2, -0.15) is 0 Å². The number of nitrogens with zero attached hydrogens (tertiary/aromatic N) is 1. The van der Waals surface area contributed by atoms with Gasteiger partial charge in [0.05, 0.1) is 18.5 Å². The summed E-state index contributed by atoms with van der Waals surface area (Å²) in [5, 5.41) is 11.9. The Morgan fingerprint density at radius 3 is 2.29 bits per heavy atom. The molecule has 2 amide bonds. The van der Waals surface area contributed by atoms with E-state index in [2.05, 4.69) is 5.32 Å². The molecule has 0 aromatic heterocycles. The molecule has 21 heavy (non-hydrogen) atoms. The summed E-state index contributed by atoms with van der Waals surface area (Å²) in [6.07, 6.45) is 0. The molecule has 0 aliphatic rings. The number of hydrogen-bond donors (Lipinski definition) is 2. The lowest BCUT2D eigenvalue weighted by molar-refractivity contribution is -0.143. The molecule has 0 spiro atoms. The number of benzene rings is 1. The lowest BCUT2D eigenvalue weighted by atomic mass is 9.94. The molecule has 114 valence electrons. The molecule has 2 atom stereocenters. The summed E-state index contributed by atoms with van der Waals surface area (Å²) in [4.78, 5) is 35.6. The first-order valence-corrected chi connectivity index (χ1v) is 6.61. The molecule has 0 saturated carbocycles. The van der Waals surface area contributed by atoms with Gasteiger partial charge in [-0.1, -0.05) is 30.3 Å². The van der Waals surface area contributed by atoms with Gasteiger partial charge in [0.1, 0.15) is 0 Å². The summed E-state index contributed by atoms with van der Waals surface area (Å²) in [7, 11) is 1.51. The normalized spacial score (nSPS) is 13.1. The number of carboxylic acid groups (broad SMARTS) is 1. The van der Waals surface area contributed by atoms with E-state index in [1.165, 1.54) is 25.8 Å². The van der Waals surface area contributed by atoms with Crippen LogP contribution in [0.5, 0.6) is 0 Å². The quantitative estimate of drug-likeness (QED) is 0.820. The molecule has 1 aromatic carbocycles. The summed E-state index contributed by atoms with van der Waals surface area (Å²) in [6, 6.07) is 8.27. The van der Waals surface area contributed by atoms with E-state index in [1.807, 2.05) is 6.07 Å². The molecule has 0 bridgehead atoms. The van der Waals surface area contributed by atoms with E-state index in [4.69, 9.17) is 0 Å². The van der Waals surface area contributed by atoms with Crippen molar-refractivity contribution < 1.29 is 19.5 Å². The van der Waals surface area contributed by atoms with Crippen LogP contribution in [0.25, 0.3) is 0 Å². The van der Waals surface area contributed by atoms with Crippen molar-refractivity contribution in [1.29, 1.82) is 0 Å². The predicted molar refractivity (Wildman–Crippen MR) is 77.4 cm³/mol. The molecular formula is C15H20N2O4. The Hall–Kier alpha value is -2.37. The second kappa shape index (κ2) is 7.42. The maximum Gasteiger partial charge on any atom is 0.308 e. The van der Waals surface area contributed by atoms with Crippen LogP contribution in [-0.4, -0.2) is 41.4 Å². The topological polar surface area (TPSA) is 86.7 Å². The zero-order chi connectivity index (χ0) is 16.0. The van der Waals surface area contributed by atoms with E-state index in [9.17, 15) is 19.5 Å². The second-order valence-corrected chi connectivity index (χ2v) is 4.96. The number of aliphatic carboxylic acids is 1. The molecule has 6 heteroatoms. The second-order valence-electron chi connectivity index (χ2n) is 4.96. The van der Waals surface area contributed by atoms with Gasteiger partial charge in [0, 0.05) is 14.0 Å². The van der Waals surface area contributed by atoms with Crippen molar-refractivity contribution in [2.24, 2.45) is 5.92 Å².